The summed E-state index contributed by atoms with van der Waals surface area (Å²) in [6, 6.07) is 4.95. The highest BCUT2D eigenvalue weighted by atomic mass is 35.5. The number of amides is 3. The van der Waals surface area contributed by atoms with Gasteiger partial charge in [0.15, 0.2) is 0 Å². The molecule has 2 N–H and O–H groups in total. The van der Waals surface area contributed by atoms with Crippen LogP contribution in [-0.2, 0) is 9.59 Å². The van der Waals surface area contributed by atoms with Gasteiger partial charge in [-0.1, -0.05) is 11.6 Å². The average molecular weight is 392 g/mol. The number of rotatable bonds is 4. The Morgan fingerprint density at radius 2 is 1.74 bits per heavy atom. The minimum atomic E-state index is -0.772. The van der Waals surface area contributed by atoms with E-state index in [0.717, 1.165) is 32.1 Å². The van der Waals surface area contributed by atoms with Gasteiger partial charge < -0.3 is 15.5 Å². The highest BCUT2D eigenvalue weighted by molar-refractivity contribution is 6.40. The normalized spacial score (nSPS) is 22.3. The van der Waals surface area contributed by atoms with Crippen molar-refractivity contribution in [1.82, 2.24) is 10.2 Å². The largest absolute Gasteiger partial charge is 0.348 e. The van der Waals surface area contributed by atoms with Crippen molar-refractivity contribution < 1.29 is 14.4 Å². The first-order chi connectivity index (χ1) is 12.9. The number of nitrogens with one attached hydrogen (secondary N) is 2. The van der Waals surface area contributed by atoms with Crippen molar-refractivity contribution in [3.05, 3.63) is 28.8 Å². The Hall–Kier alpha value is -2.08. The molecule has 3 amide bonds. The summed E-state index contributed by atoms with van der Waals surface area (Å²) in [5.41, 5.74) is 0.618. The quantitative estimate of drug-likeness (QED) is 0.773. The molecule has 1 aliphatic heterocycles. The van der Waals surface area contributed by atoms with Crippen molar-refractivity contribution in [1.29, 1.82) is 0 Å². The van der Waals surface area contributed by atoms with Crippen LogP contribution in [0.1, 0.15) is 56.3 Å². The molecule has 0 radical (unpaired) electrons. The van der Waals surface area contributed by atoms with E-state index in [-0.39, 0.29) is 18.0 Å². The third-order valence-electron chi connectivity index (χ3n) is 5.34. The van der Waals surface area contributed by atoms with E-state index in [1.165, 1.54) is 0 Å². The van der Waals surface area contributed by atoms with Gasteiger partial charge in [0.05, 0.1) is 11.3 Å². The third-order valence-corrected chi connectivity index (χ3v) is 5.58. The molecule has 7 heteroatoms. The maximum atomic E-state index is 13.2. The van der Waals surface area contributed by atoms with Crippen LogP contribution in [0, 0.1) is 5.92 Å². The van der Waals surface area contributed by atoms with Crippen molar-refractivity contribution in [2.75, 3.05) is 11.9 Å². The van der Waals surface area contributed by atoms with E-state index < -0.39 is 11.8 Å². The van der Waals surface area contributed by atoms with Gasteiger partial charge in [-0.05, 0) is 70.1 Å². The SMILES string of the molecule is C[C@@H]1CCC[C@@H](C)N1C(=O)c1cc(Cl)ccc1NC(=O)C(=O)NCC1CC1. The molecular weight excluding hydrogens is 366 g/mol. The number of hydrogen-bond acceptors (Lipinski definition) is 3. The second-order valence-electron chi connectivity index (χ2n) is 7.64. The molecule has 6 nitrogen and oxygen atoms in total. The second-order valence-corrected chi connectivity index (χ2v) is 8.08. The molecule has 146 valence electrons. The van der Waals surface area contributed by atoms with Gasteiger partial charge in [0.1, 0.15) is 0 Å². The fraction of sp³-hybridized carbons (Fsp3) is 0.550. The molecular formula is C20H26ClN3O3. The van der Waals surface area contributed by atoms with E-state index in [0.29, 0.717) is 28.7 Å². The molecule has 1 aromatic rings. The molecule has 0 aromatic heterocycles. The van der Waals surface area contributed by atoms with Gasteiger partial charge in [-0.15, -0.1) is 0 Å². The molecule has 0 bridgehead atoms. The maximum Gasteiger partial charge on any atom is 0.313 e. The summed E-state index contributed by atoms with van der Waals surface area (Å²) in [6.45, 7) is 4.57. The molecule has 0 spiro atoms. The number of nitrogens with zero attached hydrogens (tertiary/aromatic N) is 1. The predicted octanol–water partition coefficient (Wildman–Crippen LogP) is 3.21. The van der Waals surface area contributed by atoms with Gasteiger partial charge in [0.2, 0.25) is 0 Å². The molecule has 1 aromatic carbocycles. The molecule has 27 heavy (non-hydrogen) atoms. The number of anilines is 1. The van der Waals surface area contributed by atoms with Crippen molar-refractivity contribution in [3.8, 4) is 0 Å². The summed E-state index contributed by atoms with van der Waals surface area (Å²) >= 11 is 6.10. The number of hydrogen-bond donors (Lipinski definition) is 2. The summed E-state index contributed by atoms with van der Waals surface area (Å²) in [6.07, 6.45) is 5.16. The Morgan fingerprint density at radius 3 is 2.37 bits per heavy atom. The standard InChI is InChI=1S/C20H26ClN3O3/c1-12-4-3-5-13(2)24(12)20(27)16-10-15(21)8-9-17(16)23-19(26)18(25)22-11-14-6-7-14/h8-10,12-14H,3-7,11H2,1-2H3,(H,22,25)(H,23,26)/t12-,13-/m1/s1. The molecule has 1 saturated heterocycles. The molecule has 2 atom stereocenters. The van der Waals surface area contributed by atoms with Crippen LogP contribution in [0.3, 0.4) is 0 Å². The zero-order valence-electron chi connectivity index (χ0n) is 15.8. The van der Waals surface area contributed by atoms with Crippen molar-refractivity contribution >= 4 is 35.0 Å². The Balaban J connectivity index is 1.76. The molecule has 3 rings (SSSR count). The lowest BCUT2D eigenvalue weighted by atomic mass is 9.96. The van der Waals surface area contributed by atoms with E-state index in [2.05, 4.69) is 10.6 Å². The third kappa shape index (κ3) is 4.80. The van der Waals surface area contributed by atoms with Crippen molar-refractivity contribution in [2.24, 2.45) is 5.92 Å². The van der Waals surface area contributed by atoms with Crippen LogP contribution in [0.4, 0.5) is 5.69 Å². The fourth-order valence-corrected chi connectivity index (χ4v) is 3.75. The Labute approximate surface area is 164 Å². The van der Waals surface area contributed by atoms with Crippen LogP contribution < -0.4 is 10.6 Å². The Kier molecular flexibility index (Phi) is 6.05. The minimum absolute atomic E-state index is 0.116. The Morgan fingerprint density at radius 1 is 1.07 bits per heavy atom. The van der Waals surface area contributed by atoms with Crippen LogP contribution in [-0.4, -0.2) is 41.2 Å². The van der Waals surface area contributed by atoms with Crippen LogP contribution in [0.2, 0.25) is 5.02 Å². The van der Waals surface area contributed by atoms with E-state index >= 15 is 0 Å². The first-order valence-corrected chi connectivity index (χ1v) is 9.96. The summed E-state index contributed by atoms with van der Waals surface area (Å²) < 4.78 is 0. The van der Waals surface area contributed by atoms with Crippen LogP contribution in [0.15, 0.2) is 18.2 Å². The number of likely N-dealkylation sites (tertiary alicyclic amines) is 1. The van der Waals surface area contributed by atoms with Gasteiger partial charge >= 0.3 is 11.8 Å². The van der Waals surface area contributed by atoms with Crippen molar-refractivity contribution in [3.63, 3.8) is 0 Å². The Bertz CT molecular complexity index is 738. The first kappa shape index (κ1) is 19.7. The highest BCUT2D eigenvalue weighted by Gasteiger charge is 2.31. The molecule has 1 saturated carbocycles. The second kappa shape index (κ2) is 8.30. The zero-order chi connectivity index (χ0) is 19.6. The minimum Gasteiger partial charge on any atom is -0.348 e. The van der Waals surface area contributed by atoms with Crippen LogP contribution in [0.5, 0.6) is 0 Å². The fourth-order valence-electron chi connectivity index (χ4n) is 3.58. The van der Waals surface area contributed by atoms with E-state index in [1.54, 1.807) is 18.2 Å². The lowest BCUT2D eigenvalue weighted by Crippen LogP contribution is -2.47. The number of halogens is 1. The summed E-state index contributed by atoms with van der Waals surface area (Å²) in [4.78, 5) is 39.2. The van der Waals surface area contributed by atoms with E-state index in [9.17, 15) is 14.4 Å². The molecule has 1 heterocycles. The summed E-state index contributed by atoms with van der Waals surface area (Å²) in [5, 5.41) is 5.61. The maximum absolute atomic E-state index is 13.2. The molecule has 2 fully saturated rings. The van der Waals surface area contributed by atoms with Gasteiger partial charge in [-0.25, -0.2) is 0 Å². The zero-order valence-corrected chi connectivity index (χ0v) is 16.5. The number of carbonyl (C=O) groups is 3. The summed E-state index contributed by atoms with van der Waals surface area (Å²) in [7, 11) is 0. The smallest absolute Gasteiger partial charge is 0.313 e. The monoisotopic (exact) mass is 391 g/mol. The topological polar surface area (TPSA) is 78.5 Å². The molecule has 0 unspecified atom stereocenters. The van der Waals surface area contributed by atoms with Crippen molar-refractivity contribution in [2.45, 2.75) is 58.0 Å². The highest BCUT2D eigenvalue weighted by Crippen LogP contribution is 2.29. The lowest BCUT2D eigenvalue weighted by molar-refractivity contribution is -0.136. The van der Waals surface area contributed by atoms with Crippen LogP contribution in [0.25, 0.3) is 0 Å². The molecule has 1 aliphatic carbocycles. The number of piperidine rings is 1. The van der Waals surface area contributed by atoms with E-state index in [4.69, 9.17) is 11.6 Å². The predicted molar refractivity (Wildman–Crippen MR) is 105 cm³/mol. The first-order valence-electron chi connectivity index (χ1n) is 9.58. The van der Waals surface area contributed by atoms with Gasteiger partial charge in [0, 0.05) is 23.7 Å². The number of carbonyl (C=O) groups excluding carboxylic acids is 3. The average Bonchev–Trinajstić information content (AvgIpc) is 3.45. The van der Waals surface area contributed by atoms with Gasteiger partial charge in [-0.3, -0.25) is 14.4 Å². The van der Waals surface area contributed by atoms with Crippen LogP contribution >= 0.6 is 11.6 Å². The van der Waals surface area contributed by atoms with Gasteiger partial charge in [0.25, 0.3) is 5.91 Å². The summed E-state index contributed by atoms with van der Waals surface area (Å²) in [5.74, 6) is -1.15. The van der Waals surface area contributed by atoms with E-state index in [1.807, 2.05) is 18.7 Å². The molecule has 2 aliphatic rings. The lowest BCUT2D eigenvalue weighted by Gasteiger charge is -2.39. The van der Waals surface area contributed by atoms with Gasteiger partial charge in [-0.2, -0.15) is 0 Å². The number of benzene rings is 1.